The van der Waals surface area contributed by atoms with Crippen molar-refractivity contribution in [2.75, 3.05) is 19.6 Å². The molecule has 0 saturated heterocycles. The van der Waals surface area contributed by atoms with Gasteiger partial charge in [0, 0.05) is 36.3 Å². The Balaban J connectivity index is 2.07. The van der Waals surface area contributed by atoms with E-state index in [0.717, 1.165) is 11.1 Å². The highest BCUT2D eigenvalue weighted by Crippen LogP contribution is 2.05. The van der Waals surface area contributed by atoms with Crippen LogP contribution in [0, 0.1) is 11.8 Å². The zero-order valence-electron chi connectivity index (χ0n) is 16.7. The number of carbonyl (C=O) groups is 2. The number of carbonyl (C=O) groups excluding carboxylic acids is 2. The first-order valence-electron chi connectivity index (χ1n) is 9.43. The molecule has 0 saturated carbocycles. The molecule has 2 aromatic rings. The maximum atomic E-state index is 12.6. The SMILES string of the molecule is C=CCN(CC=C)C[C@H](NC(=O)c1ccc(C#Cc2ccccc2)cc1)C(=O)NO. The molecule has 0 fully saturated rings. The van der Waals surface area contributed by atoms with E-state index in [1.54, 1.807) is 41.9 Å². The number of hydrogen-bond acceptors (Lipinski definition) is 4. The van der Waals surface area contributed by atoms with E-state index in [-0.39, 0.29) is 6.54 Å². The van der Waals surface area contributed by atoms with E-state index < -0.39 is 17.9 Å². The Bertz CT molecular complexity index is 918. The molecule has 2 rings (SSSR count). The number of benzene rings is 2. The molecule has 6 nitrogen and oxygen atoms in total. The van der Waals surface area contributed by atoms with Gasteiger partial charge >= 0.3 is 0 Å². The summed E-state index contributed by atoms with van der Waals surface area (Å²) >= 11 is 0. The predicted molar refractivity (Wildman–Crippen MR) is 117 cm³/mol. The van der Waals surface area contributed by atoms with Gasteiger partial charge in [-0.2, -0.15) is 0 Å². The van der Waals surface area contributed by atoms with Crippen LogP contribution in [0.3, 0.4) is 0 Å². The summed E-state index contributed by atoms with van der Waals surface area (Å²) < 4.78 is 0. The third-order valence-corrected chi connectivity index (χ3v) is 4.22. The van der Waals surface area contributed by atoms with Crippen molar-refractivity contribution < 1.29 is 14.8 Å². The molecule has 0 heterocycles. The third-order valence-electron chi connectivity index (χ3n) is 4.22. The maximum absolute atomic E-state index is 12.6. The molecule has 154 valence electrons. The minimum atomic E-state index is -0.944. The summed E-state index contributed by atoms with van der Waals surface area (Å²) in [5.41, 5.74) is 3.66. The van der Waals surface area contributed by atoms with Crippen LogP contribution in [-0.2, 0) is 4.79 Å². The van der Waals surface area contributed by atoms with E-state index >= 15 is 0 Å². The van der Waals surface area contributed by atoms with Gasteiger partial charge in [0.1, 0.15) is 6.04 Å². The first-order valence-corrected chi connectivity index (χ1v) is 9.43. The Kier molecular flexibility index (Phi) is 9.07. The molecule has 0 radical (unpaired) electrons. The molecule has 0 aliphatic heterocycles. The zero-order chi connectivity index (χ0) is 21.8. The first kappa shape index (κ1) is 22.6. The van der Waals surface area contributed by atoms with Crippen molar-refractivity contribution in [3.05, 3.63) is 96.6 Å². The summed E-state index contributed by atoms with van der Waals surface area (Å²) in [4.78, 5) is 26.5. The van der Waals surface area contributed by atoms with Crippen molar-refractivity contribution in [3.63, 3.8) is 0 Å². The molecular formula is C24H25N3O3. The summed E-state index contributed by atoms with van der Waals surface area (Å²) in [6, 6.07) is 15.4. The summed E-state index contributed by atoms with van der Waals surface area (Å²) in [6.45, 7) is 8.57. The summed E-state index contributed by atoms with van der Waals surface area (Å²) in [6.07, 6.45) is 3.38. The first-order chi connectivity index (χ1) is 14.6. The average Bonchev–Trinajstić information content (AvgIpc) is 2.78. The van der Waals surface area contributed by atoms with E-state index in [9.17, 15) is 9.59 Å². The lowest BCUT2D eigenvalue weighted by Gasteiger charge is -2.25. The second kappa shape index (κ2) is 12.0. The largest absolute Gasteiger partial charge is 0.339 e. The van der Waals surface area contributed by atoms with Crippen LogP contribution in [0.5, 0.6) is 0 Å². The molecule has 0 bridgehead atoms. The Morgan fingerprint density at radius 1 is 0.967 bits per heavy atom. The molecular weight excluding hydrogens is 378 g/mol. The van der Waals surface area contributed by atoms with Crippen LogP contribution in [0.15, 0.2) is 79.9 Å². The van der Waals surface area contributed by atoms with E-state index in [0.29, 0.717) is 18.7 Å². The molecule has 30 heavy (non-hydrogen) atoms. The molecule has 0 spiro atoms. The number of hydrogen-bond donors (Lipinski definition) is 3. The van der Waals surface area contributed by atoms with Gasteiger partial charge in [0.25, 0.3) is 11.8 Å². The highest BCUT2D eigenvalue weighted by atomic mass is 16.5. The fraction of sp³-hybridized carbons (Fsp3) is 0.167. The number of hydroxylamine groups is 1. The highest BCUT2D eigenvalue weighted by molar-refractivity contribution is 5.97. The third kappa shape index (κ3) is 7.06. The smallest absolute Gasteiger partial charge is 0.267 e. The van der Waals surface area contributed by atoms with Crippen LogP contribution >= 0.6 is 0 Å². The van der Waals surface area contributed by atoms with Crippen molar-refractivity contribution in [1.82, 2.24) is 15.7 Å². The van der Waals surface area contributed by atoms with E-state index in [1.165, 1.54) is 0 Å². The van der Waals surface area contributed by atoms with Gasteiger partial charge in [-0.3, -0.25) is 19.7 Å². The molecule has 1 atom stereocenters. The van der Waals surface area contributed by atoms with Gasteiger partial charge < -0.3 is 5.32 Å². The van der Waals surface area contributed by atoms with Gasteiger partial charge in [-0.1, -0.05) is 42.2 Å². The van der Waals surface area contributed by atoms with Crippen LogP contribution in [0.25, 0.3) is 0 Å². The van der Waals surface area contributed by atoms with Gasteiger partial charge in [-0.15, -0.1) is 13.2 Å². The molecule has 0 aliphatic rings. The fourth-order valence-electron chi connectivity index (χ4n) is 2.73. The van der Waals surface area contributed by atoms with Crippen LogP contribution in [0.2, 0.25) is 0 Å². The monoisotopic (exact) mass is 403 g/mol. The summed E-state index contributed by atoms with van der Waals surface area (Å²) in [5.74, 6) is 4.97. The van der Waals surface area contributed by atoms with E-state index in [1.807, 2.05) is 35.2 Å². The standard InChI is InChI=1S/C24H25N3O3/c1-3-16-27(17-4-2)18-22(24(29)26-30)25-23(28)21-14-12-20(13-15-21)11-10-19-8-6-5-7-9-19/h3-9,12-15,22,30H,1-2,16-18H2,(H,25,28)(H,26,29)/t22-/m0/s1. The summed E-state index contributed by atoms with van der Waals surface area (Å²) in [5, 5.41) is 11.7. The van der Waals surface area contributed by atoms with Crippen molar-refractivity contribution in [2.45, 2.75) is 6.04 Å². The topological polar surface area (TPSA) is 81.7 Å². The molecule has 0 aromatic heterocycles. The van der Waals surface area contributed by atoms with Crippen LogP contribution in [0.4, 0.5) is 0 Å². The van der Waals surface area contributed by atoms with Crippen molar-refractivity contribution in [3.8, 4) is 11.8 Å². The Hall–Kier alpha value is -3.66. The van der Waals surface area contributed by atoms with Crippen LogP contribution < -0.4 is 10.8 Å². The van der Waals surface area contributed by atoms with E-state index in [4.69, 9.17) is 5.21 Å². The lowest BCUT2D eigenvalue weighted by atomic mass is 10.1. The molecule has 0 aliphatic carbocycles. The molecule has 2 aromatic carbocycles. The Morgan fingerprint density at radius 3 is 2.07 bits per heavy atom. The fourth-order valence-corrected chi connectivity index (χ4v) is 2.73. The number of amides is 2. The number of nitrogens with one attached hydrogen (secondary N) is 2. The normalized spacial score (nSPS) is 11.0. The van der Waals surface area contributed by atoms with E-state index in [2.05, 4.69) is 30.3 Å². The molecule has 3 N–H and O–H groups in total. The lowest BCUT2D eigenvalue weighted by Crippen LogP contribution is -2.52. The Morgan fingerprint density at radius 2 is 1.53 bits per heavy atom. The van der Waals surface area contributed by atoms with Gasteiger partial charge in [0.2, 0.25) is 0 Å². The second-order valence-corrected chi connectivity index (χ2v) is 6.49. The minimum Gasteiger partial charge on any atom is -0.339 e. The molecule has 2 amide bonds. The van der Waals surface area contributed by atoms with Crippen molar-refractivity contribution in [1.29, 1.82) is 0 Å². The van der Waals surface area contributed by atoms with Crippen molar-refractivity contribution in [2.24, 2.45) is 0 Å². The summed E-state index contributed by atoms with van der Waals surface area (Å²) in [7, 11) is 0. The zero-order valence-corrected chi connectivity index (χ0v) is 16.7. The van der Waals surface area contributed by atoms with Crippen molar-refractivity contribution >= 4 is 11.8 Å². The van der Waals surface area contributed by atoms with Gasteiger partial charge in [0.05, 0.1) is 0 Å². The molecule has 0 unspecified atom stereocenters. The van der Waals surface area contributed by atoms with Crippen LogP contribution in [0.1, 0.15) is 21.5 Å². The van der Waals surface area contributed by atoms with Crippen LogP contribution in [-0.4, -0.2) is 47.6 Å². The number of nitrogens with zero attached hydrogens (tertiary/aromatic N) is 1. The predicted octanol–water partition coefficient (Wildman–Crippen LogP) is 2.36. The van der Waals surface area contributed by atoms with Gasteiger partial charge in [0.15, 0.2) is 0 Å². The maximum Gasteiger partial charge on any atom is 0.267 e. The van der Waals surface area contributed by atoms with Gasteiger partial charge in [-0.25, -0.2) is 5.48 Å². The highest BCUT2D eigenvalue weighted by Gasteiger charge is 2.23. The second-order valence-electron chi connectivity index (χ2n) is 6.49. The number of rotatable bonds is 9. The minimum absolute atomic E-state index is 0.191. The Labute approximate surface area is 176 Å². The lowest BCUT2D eigenvalue weighted by molar-refractivity contribution is -0.131. The molecule has 6 heteroatoms. The van der Waals surface area contributed by atoms with Gasteiger partial charge in [-0.05, 0) is 36.4 Å². The average molecular weight is 403 g/mol. The quantitative estimate of drug-likeness (QED) is 0.260.